The van der Waals surface area contributed by atoms with Gasteiger partial charge >= 0.3 is 12.1 Å². The van der Waals surface area contributed by atoms with Crippen LogP contribution in [-0.4, -0.2) is 74.0 Å². The lowest BCUT2D eigenvalue weighted by Crippen LogP contribution is -2.45. The Labute approximate surface area is 205 Å². The van der Waals surface area contributed by atoms with Crippen LogP contribution in [0.1, 0.15) is 54.7 Å². The molecule has 4 atom stereocenters. The number of methoxy groups -OCH3 is 2. The molecule has 2 amide bonds. The number of nitrogens with one attached hydrogen (secondary N) is 1. The molecule has 1 aromatic carbocycles. The summed E-state index contributed by atoms with van der Waals surface area (Å²) in [5.74, 6) is 0.699. The molecule has 0 spiro atoms. The third-order valence-corrected chi connectivity index (χ3v) is 7.19. The number of carboxylic acid groups (broad SMARTS) is 1. The minimum Gasteiger partial charge on any atom is -0.496 e. The Balaban J connectivity index is 1.15. The SMILES string of the molecule is COc1ccc2c(c1CCCCCOC(=O)NCC(=O)N1C[C@@H](OC)C[C@H]1C(=O)O)C1CC1C=C2. The third kappa shape index (κ3) is 5.78. The summed E-state index contributed by atoms with van der Waals surface area (Å²) >= 11 is 0. The van der Waals surface area contributed by atoms with Crippen LogP contribution in [0.3, 0.4) is 0 Å². The van der Waals surface area contributed by atoms with Gasteiger partial charge in [-0.15, -0.1) is 0 Å². The van der Waals surface area contributed by atoms with Gasteiger partial charge < -0.3 is 29.5 Å². The van der Waals surface area contributed by atoms with Gasteiger partial charge in [-0.3, -0.25) is 4.79 Å². The molecule has 4 rings (SSSR count). The highest BCUT2D eigenvalue weighted by atomic mass is 16.5. The largest absolute Gasteiger partial charge is 0.496 e. The number of fused-ring (bicyclic) bond motifs is 3. The first-order chi connectivity index (χ1) is 16.9. The second-order valence-corrected chi connectivity index (χ2v) is 9.41. The van der Waals surface area contributed by atoms with Crippen molar-refractivity contribution in [1.82, 2.24) is 10.2 Å². The first-order valence-corrected chi connectivity index (χ1v) is 12.3. The van der Waals surface area contributed by atoms with Crippen LogP contribution in [0.4, 0.5) is 4.79 Å². The number of carbonyl (C=O) groups is 3. The van der Waals surface area contributed by atoms with Crippen LogP contribution in [0.2, 0.25) is 0 Å². The molecule has 0 radical (unpaired) electrons. The summed E-state index contributed by atoms with van der Waals surface area (Å²) in [6.07, 6.45) is 8.48. The van der Waals surface area contributed by atoms with Gasteiger partial charge in [-0.25, -0.2) is 9.59 Å². The van der Waals surface area contributed by atoms with Crippen LogP contribution < -0.4 is 10.1 Å². The Morgan fingerprint density at radius 1 is 1.14 bits per heavy atom. The predicted octanol–water partition coefficient (Wildman–Crippen LogP) is 2.97. The molecule has 2 N–H and O–H groups in total. The Hall–Kier alpha value is -3.07. The van der Waals surface area contributed by atoms with Crippen molar-refractivity contribution in [3.05, 3.63) is 34.9 Å². The molecule has 0 aromatic heterocycles. The zero-order chi connectivity index (χ0) is 24.9. The molecule has 0 bridgehead atoms. The van der Waals surface area contributed by atoms with Crippen LogP contribution in [0.15, 0.2) is 18.2 Å². The molecule has 2 unspecified atom stereocenters. The Kier molecular flexibility index (Phi) is 7.95. The number of rotatable bonds is 11. The van der Waals surface area contributed by atoms with Crippen molar-refractivity contribution < 1.29 is 33.7 Å². The van der Waals surface area contributed by atoms with Gasteiger partial charge in [0.25, 0.3) is 0 Å². The first-order valence-electron chi connectivity index (χ1n) is 12.3. The number of aliphatic carboxylic acids is 1. The number of hydrogen-bond donors (Lipinski definition) is 2. The average Bonchev–Trinajstić information content (AvgIpc) is 3.52. The number of unbranched alkanes of at least 4 members (excludes halogenated alkanes) is 2. The summed E-state index contributed by atoms with van der Waals surface area (Å²) in [7, 11) is 3.20. The number of benzene rings is 1. The van der Waals surface area contributed by atoms with E-state index in [1.54, 1.807) is 7.11 Å². The molecule has 3 aliphatic rings. The van der Waals surface area contributed by atoms with Crippen molar-refractivity contribution >= 4 is 24.0 Å². The van der Waals surface area contributed by atoms with Crippen molar-refractivity contribution in [2.24, 2.45) is 5.92 Å². The normalized spacial score (nSPS) is 23.9. The standard InChI is InChI=1S/C26H34N2O7/c1-33-18-13-21(25(30)31)28(15-18)23(29)14-27-26(32)35-11-5-3-4-6-19-22(34-2)10-9-16-7-8-17-12-20(17)24(16)19/h7-10,17-18,20-21H,3-6,11-15H2,1-2H3,(H,27,32)(H,30,31)/t17?,18-,20?,21-/m0/s1. The molecule has 2 fully saturated rings. The number of allylic oxidation sites excluding steroid dienone is 1. The van der Waals surface area contributed by atoms with Crippen LogP contribution in [0.25, 0.3) is 6.08 Å². The van der Waals surface area contributed by atoms with Gasteiger partial charge in [0.15, 0.2) is 0 Å². The number of amides is 2. The fraction of sp³-hybridized carbons (Fsp3) is 0.577. The lowest BCUT2D eigenvalue weighted by atomic mass is 9.89. The Morgan fingerprint density at radius 2 is 1.97 bits per heavy atom. The van der Waals surface area contributed by atoms with Crippen molar-refractivity contribution in [3.8, 4) is 5.75 Å². The van der Waals surface area contributed by atoms with E-state index in [1.807, 2.05) is 6.07 Å². The van der Waals surface area contributed by atoms with Crippen molar-refractivity contribution in [2.75, 3.05) is 33.9 Å². The molecule has 1 aromatic rings. The zero-order valence-corrected chi connectivity index (χ0v) is 20.3. The van der Waals surface area contributed by atoms with Crippen molar-refractivity contribution in [2.45, 2.75) is 56.6 Å². The molecule has 9 nitrogen and oxygen atoms in total. The van der Waals surface area contributed by atoms with E-state index in [0.29, 0.717) is 18.3 Å². The van der Waals surface area contributed by atoms with Gasteiger partial charge in [0.05, 0.1) is 19.8 Å². The maximum atomic E-state index is 12.4. The number of nitrogens with zero attached hydrogens (tertiary/aromatic N) is 1. The number of carbonyl (C=O) groups excluding carboxylic acids is 2. The van der Waals surface area contributed by atoms with Crippen LogP contribution in [0, 0.1) is 5.92 Å². The quantitative estimate of drug-likeness (QED) is 0.462. The molecule has 1 saturated carbocycles. The van der Waals surface area contributed by atoms with Crippen LogP contribution in [-0.2, 0) is 25.5 Å². The molecule has 190 valence electrons. The Bertz CT molecular complexity index is 992. The molecule has 35 heavy (non-hydrogen) atoms. The molecular formula is C26H34N2O7. The topological polar surface area (TPSA) is 114 Å². The summed E-state index contributed by atoms with van der Waals surface area (Å²) < 4.78 is 16.0. The number of ether oxygens (including phenoxy) is 3. The summed E-state index contributed by atoms with van der Waals surface area (Å²) in [4.78, 5) is 37.0. The van der Waals surface area contributed by atoms with E-state index < -0.39 is 24.0 Å². The van der Waals surface area contributed by atoms with Gasteiger partial charge in [0.1, 0.15) is 18.3 Å². The minimum atomic E-state index is -1.08. The summed E-state index contributed by atoms with van der Waals surface area (Å²) in [6, 6.07) is 3.24. The second kappa shape index (κ2) is 11.1. The van der Waals surface area contributed by atoms with Gasteiger partial charge in [-0.1, -0.05) is 18.2 Å². The number of likely N-dealkylation sites (tertiary alicyclic amines) is 1. The summed E-state index contributed by atoms with van der Waals surface area (Å²) in [5, 5.41) is 11.7. The minimum absolute atomic E-state index is 0.191. The van der Waals surface area contributed by atoms with Gasteiger partial charge in [0.2, 0.25) is 5.91 Å². The number of carboxylic acids is 1. The average molecular weight is 487 g/mol. The maximum absolute atomic E-state index is 12.4. The van der Waals surface area contributed by atoms with E-state index in [0.717, 1.165) is 25.0 Å². The lowest BCUT2D eigenvalue weighted by molar-refractivity contribution is -0.147. The summed E-state index contributed by atoms with van der Waals surface area (Å²) in [6.45, 7) is 0.134. The van der Waals surface area contributed by atoms with Crippen molar-refractivity contribution in [1.29, 1.82) is 0 Å². The third-order valence-electron chi connectivity index (χ3n) is 7.19. The van der Waals surface area contributed by atoms with Gasteiger partial charge in [-0.2, -0.15) is 0 Å². The van der Waals surface area contributed by atoms with E-state index in [-0.39, 0.29) is 32.2 Å². The monoisotopic (exact) mass is 486 g/mol. The van der Waals surface area contributed by atoms with E-state index in [9.17, 15) is 19.5 Å². The Morgan fingerprint density at radius 3 is 2.71 bits per heavy atom. The number of alkyl carbamates (subject to hydrolysis) is 1. The fourth-order valence-electron chi connectivity index (χ4n) is 5.21. The smallest absolute Gasteiger partial charge is 0.407 e. The molecule has 1 heterocycles. The zero-order valence-electron chi connectivity index (χ0n) is 20.3. The maximum Gasteiger partial charge on any atom is 0.407 e. The van der Waals surface area contributed by atoms with Gasteiger partial charge in [0, 0.05) is 20.1 Å². The van der Waals surface area contributed by atoms with E-state index in [1.165, 1.54) is 35.1 Å². The van der Waals surface area contributed by atoms with E-state index in [4.69, 9.17) is 14.2 Å². The molecule has 1 saturated heterocycles. The lowest BCUT2D eigenvalue weighted by Gasteiger charge is -2.21. The number of hydrogen-bond acceptors (Lipinski definition) is 6. The highest BCUT2D eigenvalue weighted by molar-refractivity contribution is 5.87. The van der Waals surface area contributed by atoms with Crippen molar-refractivity contribution in [3.63, 3.8) is 0 Å². The highest BCUT2D eigenvalue weighted by Crippen LogP contribution is 2.55. The van der Waals surface area contributed by atoms with Crippen LogP contribution >= 0.6 is 0 Å². The second-order valence-electron chi connectivity index (χ2n) is 9.41. The molecular weight excluding hydrogens is 452 g/mol. The molecule has 9 heteroatoms. The van der Waals surface area contributed by atoms with E-state index in [2.05, 4.69) is 23.5 Å². The predicted molar refractivity (Wildman–Crippen MR) is 128 cm³/mol. The van der Waals surface area contributed by atoms with Crippen LogP contribution in [0.5, 0.6) is 5.75 Å². The fourth-order valence-corrected chi connectivity index (χ4v) is 5.21. The molecule has 2 aliphatic carbocycles. The summed E-state index contributed by atoms with van der Waals surface area (Å²) in [5.41, 5.74) is 4.05. The van der Waals surface area contributed by atoms with E-state index >= 15 is 0 Å². The molecule has 1 aliphatic heterocycles. The van der Waals surface area contributed by atoms with Gasteiger partial charge in [-0.05, 0) is 66.7 Å². The first kappa shape index (κ1) is 25.0. The highest BCUT2D eigenvalue weighted by Gasteiger charge is 2.41.